The molecular weight excluding hydrogens is 1700 g/mol. The van der Waals surface area contributed by atoms with Crippen molar-refractivity contribution in [2.45, 2.75) is 243 Å². The summed E-state index contributed by atoms with van der Waals surface area (Å²) in [5.41, 5.74) is 27.0. The second kappa shape index (κ2) is 50.0. The molecule has 9 heterocycles. The summed E-state index contributed by atoms with van der Waals surface area (Å²) in [6, 6.07) is 10.4. The lowest BCUT2D eigenvalue weighted by Gasteiger charge is -2.42. The maximum absolute atomic E-state index is 14.6. The zero-order valence-corrected chi connectivity index (χ0v) is 77.9. The first-order chi connectivity index (χ1) is 63.6. The van der Waals surface area contributed by atoms with Crippen molar-refractivity contribution < 1.29 is 106 Å². The molecule has 7 aliphatic rings. The van der Waals surface area contributed by atoms with Crippen molar-refractivity contribution in [2.24, 2.45) is 41.2 Å². The number of piperidine rings is 3. The summed E-state index contributed by atoms with van der Waals surface area (Å²) in [7, 11) is 1.56. The van der Waals surface area contributed by atoms with Crippen LogP contribution in [-0.2, 0) is 95.6 Å². The molecule has 2 bridgehead atoms. The molecule has 726 valence electrons. The Morgan fingerprint density at radius 3 is 2.08 bits per heavy atom. The number of nitrogens with zero attached hydrogens (tertiary/aromatic N) is 9. The Morgan fingerprint density at radius 2 is 1.39 bits per heavy atom. The number of nitrogens with one attached hydrogen (secondary N) is 1. The van der Waals surface area contributed by atoms with Gasteiger partial charge < -0.3 is 114 Å². The first-order valence-electron chi connectivity index (χ1n) is 47.6. The summed E-state index contributed by atoms with van der Waals surface area (Å²) >= 11 is 0. The van der Waals surface area contributed by atoms with Gasteiger partial charge >= 0.3 is 12.1 Å². The minimum Gasteiger partial charge on any atom is -0.459 e. The smallest absolute Gasteiger partial charge is 0.407 e. The number of ketones is 2. The average Bonchev–Trinajstić information content (AvgIpc) is 1.50. The van der Waals surface area contributed by atoms with E-state index in [4.69, 9.17) is 74.1 Å². The molecule has 1 saturated carbocycles. The Hall–Kier alpha value is -9.05. The molecule has 0 radical (unpaired) electrons. The number of likely N-dealkylation sites (tertiary alicyclic amines) is 2. The highest BCUT2D eigenvalue weighted by molar-refractivity contribution is 6.39. The molecular formula is C97H141N13O22. The SMILES string of the molecule is CO[C@H]1C[C@@H]2CC[C@@H](C)[C@@](O)(O2)C(=O)C(=O)N2CCCC[C@H]2C(=O)O[C@H]([C@H](N)C[C@H]2CC[C@H](OC(=O)NCCOCCOCCOCCOCCOCCOCCC(=O)N3CCC(N4CCC(C(=O)N5CCc6cc(Cn7nc(-c8ccc9oc(N)nc9c8)c8c(N)ncnc87)ccc6C5)CC4)CC3)CC2)C[C@@H](O)[C@H](C)/C=C(\C)[C@@H](O)[C@@H](O)C(=O)[C@H](C)C[C@H](C)/C=C/C=C/C=C/1C. The molecule has 3 aromatic heterocycles. The van der Waals surface area contributed by atoms with Gasteiger partial charge in [0.25, 0.3) is 17.7 Å². The summed E-state index contributed by atoms with van der Waals surface area (Å²) in [6.45, 7) is 19.8. The number of oxazole rings is 1. The Balaban J connectivity index is 0.470. The number of fused-ring (bicyclic) bond motifs is 6. The van der Waals surface area contributed by atoms with Crippen LogP contribution < -0.4 is 22.5 Å². The number of aromatic nitrogens is 5. The number of Topliss-reactive ketones (excluding diaryl/α,β-unsaturated/α-hetero) is 2. The van der Waals surface area contributed by atoms with Gasteiger partial charge in [0.05, 0.1) is 116 Å². The minimum atomic E-state index is -2.49. The number of allylic oxidation sites excluding steroid dienone is 5. The number of esters is 1. The lowest BCUT2D eigenvalue weighted by Crippen LogP contribution is -2.61. The van der Waals surface area contributed by atoms with Crippen molar-refractivity contribution in [1.29, 1.82) is 0 Å². The van der Waals surface area contributed by atoms with E-state index in [0.717, 1.165) is 72.4 Å². The molecule has 0 spiro atoms. The number of nitrogen functional groups attached to an aromatic ring is 2. The Morgan fingerprint density at radius 1 is 0.697 bits per heavy atom. The third-order valence-electron chi connectivity index (χ3n) is 27.3. The number of hydrogen-bond donors (Lipinski definition) is 8. The second-order valence-corrected chi connectivity index (χ2v) is 36.9. The number of cyclic esters (lactones) is 1. The fourth-order valence-corrected chi connectivity index (χ4v) is 19.3. The van der Waals surface area contributed by atoms with E-state index in [-0.39, 0.29) is 86.2 Å². The summed E-state index contributed by atoms with van der Waals surface area (Å²) in [5, 5.41) is 54.9. The number of methoxy groups -OCH3 is 1. The van der Waals surface area contributed by atoms with Crippen LogP contribution >= 0.6 is 0 Å². The molecule has 5 aromatic rings. The summed E-state index contributed by atoms with van der Waals surface area (Å²) in [6.07, 6.45) is 14.4. The highest BCUT2D eigenvalue weighted by Gasteiger charge is 2.53. The number of aliphatic hydroxyl groups is 4. The molecule has 132 heavy (non-hydrogen) atoms. The fourth-order valence-electron chi connectivity index (χ4n) is 19.3. The van der Waals surface area contributed by atoms with Gasteiger partial charge in [0.15, 0.2) is 17.0 Å². The first kappa shape index (κ1) is 102. The summed E-state index contributed by atoms with van der Waals surface area (Å²) < 4.78 is 65.4. The van der Waals surface area contributed by atoms with E-state index < -0.39 is 102 Å². The van der Waals surface area contributed by atoms with E-state index in [9.17, 15) is 54.0 Å². The molecule has 5 fully saturated rings. The van der Waals surface area contributed by atoms with Crippen LogP contribution in [0.15, 0.2) is 94.7 Å². The Labute approximate surface area is 773 Å². The van der Waals surface area contributed by atoms with Crippen LogP contribution in [0.3, 0.4) is 0 Å². The van der Waals surface area contributed by atoms with E-state index in [1.807, 2.05) is 76.9 Å². The van der Waals surface area contributed by atoms with Crippen LogP contribution in [0.2, 0.25) is 0 Å². The number of alkyl carbamates (subject to hydrolysis) is 1. The topological polar surface area (TPSA) is 465 Å². The predicted octanol–water partition coefficient (Wildman–Crippen LogP) is 8.06. The van der Waals surface area contributed by atoms with Crippen molar-refractivity contribution in [3.8, 4) is 11.3 Å². The van der Waals surface area contributed by atoms with Crippen LogP contribution in [0.4, 0.5) is 16.6 Å². The van der Waals surface area contributed by atoms with Crippen LogP contribution in [-0.4, -0.2) is 305 Å². The monoisotopic (exact) mass is 1840 g/mol. The quantitative estimate of drug-likeness (QED) is 0.00899. The zero-order chi connectivity index (χ0) is 94.0. The van der Waals surface area contributed by atoms with Gasteiger partial charge in [-0.15, -0.1) is 0 Å². The molecule has 1 aliphatic carbocycles. The van der Waals surface area contributed by atoms with E-state index in [0.29, 0.717) is 216 Å². The van der Waals surface area contributed by atoms with Crippen molar-refractivity contribution in [1.82, 2.24) is 49.6 Å². The van der Waals surface area contributed by atoms with E-state index >= 15 is 0 Å². The number of benzene rings is 2. The lowest BCUT2D eigenvalue weighted by atomic mass is 9.81. The number of rotatable bonds is 31. The molecule has 11 N–H and O–H groups in total. The third-order valence-corrected chi connectivity index (χ3v) is 27.3. The van der Waals surface area contributed by atoms with Gasteiger partial charge in [0.1, 0.15) is 53.8 Å². The average molecular weight is 1840 g/mol. The molecule has 35 nitrogen and oxygen atoms in total. The first-order valence-corrected chi connectivity index (χ1v) is 47.6. The summed E-state index contributed by atoms with van der Waals surface area (Å²) in [5.74, 6) is -7.57. The van der Waals surface area contributed by atoms with Gasteiger partial charge in [-0.25, -0.2) is 24.2 Å². The third kappa shape index (κ3) is 28.1. The number of carbonyl (C=O) groups excluding carboxylic acids is 7. The highest BCUT2D eigenvalue weighted by atomic mass is 16.6. The number of amides is 4. The molecule has 2 aromatic carbocycles. The number of hydrogen-bond acceptors (Lipinski definition) is 30. The molecule has 35 heteroatoms. The van der Waals surface area contributed by atoms with Gasteiger partial charge in [0, 0.05) is 101 Å². The molecule has 0 unspecified atom stereocenters. The second-order valence-electron chi connectivity index (χ2n) is 36.9. The van der Waals surface area contributed by atoms with Crippen LogP contribution in [0, 0.1) is 35.5 Å². The Kier molecular flexibility index (Phi) is 38.6. The van der Waals surface area contributed by atoms with Crippen molar-refractivity contribution >= 4 is 75.3 Å². The van der Waals surface area contributed by atoms with Gasteiger partial charge in [-0.3, -0.25) is 24.0 Å². The van der Waals surface area contributed by atoms with Crippen LogP contribution in [0.1, 0.15) is 174 Å². The van der Waals surface area contributed by atoms with Gasteiger partial charge in [-0.05, 0) is 188 Å². The number of carbonyl (C=O) groups is 7. The normalized spacial score (nSPS) is 28.2. The van der Waals surface area contributed by atoms with E-state index in [2.05, 4.69) is 43.4 Å². The van der Waals surface area contributed by atoms with Crippen LogP contribution in [0.5, 0.6) is 0 Å². The van der Waals surface area contributed by atoms with E-state index in [1.165, 1.54) is 11.9 Å². The number of anilines is 2. The van der Waals surface area contributed by atoms with Crippen molar-refractivity contribution in [3.63, 3.8) is 0 Å². The van der Waals surface area contributed by atoms with Crippen molar-refractivity contribution in [2.75, 3.05) is 144 Å². The van der Waals surface area contributed by atoms with Gasteiger partial charge in [-0.2, -0.15) is 10.1 Å². The summed E-state index contributed by atoms with van der Waals surface area (Å²) in [4.78, 5) is 118. The van der Waals surface area contributed by atoms with Gasteiger partial charge in [-0.1, -0.05) is 82.4 Å². The molecule has 13 atom stereocenters. The minimum absolute atomic E-state index is 0.00376. The van der Waals surface area contributed by atoms with Gasteiger partial charge in [0.2, 0.25) is 17.6 Å². The molecule has 12 rings (SSSR count). The Bertz CT molecular complexity index is 4750. The number of nitrogens with two attached hydrogens (primary N) is 3. The van der Waals surface area contributed by atoms with E-state index in [1.54, 1.807) is 40.9 Å². The molecule has 6 aliphatic heterocycles. The fraction of sp³-hybridized carbons (Fsp3) is 0.660. The standard InChI is InChI=1S/C97H141N13O22/c1-61-13-9-8-10-14-62(2)81(122-7)56-75-22-16-66(6)97(121,132-75)89(116)93(118)109-33-12-11-15-78(109)94(119)130-82(57-79(111)63(3)52-65(5)87(114)88(115)86(113)64(4)51-61)76(98)54-67-18-23-74(24-19-67)129-96(120)101-32-40-124-42-44-126-46-48-128-50-49-127-47-45-125-43-41-123-39-31-83(112)107-37-29-73(30-38-107)106-34-26-69(27-35-106)92(117)108-36-28-70-53-68(17-20-72(70)59-108)58-110-91-84(90(99)102-60-103-91)85(105-110)71-21-25-80-77(55-71)104-95(100)131-80/h8-10,13-14,17,20-21,25,52-53,55,60-61,63-64,66-67,69,73-76,78-79,81-82,87-88,111,114-115,121H,11-12,15-16,18-19,22-24,26-51,54,56-59,98H2,1-7H3,(H2,100,104)(H,101,120)(H2,99,102,103)/b10-8+,13-9+,62-14+,65-52+/t61-,63-,64-,66-,67-,74-,75+,76-,78+,79-,81+,82+,87-,88+,97-/m1/s1. The molecule has 4 saturated heterocycles. The maximum Gasteiger partial charge on any atom is 0.407 e. The predicted molar refractivity (Wildman–Crippen MR) is 491 cm³/mol. The lowest BCUT2D eigenvalue weighted by molar-refractivity contribution is -0.265. The molecule has 4 amide bonds. The number of aliphatic hydroxyl groups excluding tert-OH is 3. The zero-order valence-electron chi connectivity index (χ0n) is 77.9. The maximum atomic E-state index is 14.6. The number of ether oxygens (including phenoxy) is 10. The van der Waals surface area contributed by atoms with Crippen LogP contribution in [0.25, 0.3) is 33.4 Å². The van der Waals surface area contributed by atoms with Crippen molar-refractivity contribution in [3.05, 3.63) is 107 Å². The highest BCUT2D eigenvalue weighted by Crippen LogP contribution is 2.40. The largest absolute Gasteiger partial charge is 0.459 e.